The Morgan fingerprint density at radius 1 is 1.50 bits per heavy atom. The molecule has 0 aliphatic rings. The molecule has 0 aliphatic heterocycles. The van der Waals surface area contributed by atoms with Crippen LogP contribution in [0.3, 0.4) is 0 Å². The molecule has 2 N–H and O–H groups in total. The average molecular weight is 184 g/mol. The molecule has 0 aliphatic carbocycles. The van der Waals surface area contributed by atoms with Crippen LogP contribution in [0.2, 0.25) is 0 Å². The quantitative estimate of drug-likeness (QED) is 0.783. The predicted molar refractivity (Wildman–Crippen MR) is 53.7 cm³/mol. The zero-order valence-corrected chi connectivity index (χ0v) is 8.69. The van der Waals surface area contributed by atoms with Gasteiger partial charge >= 0.3 is 0 Å². The Bertz CT molecular complexity index is 242. The predicted octanol–water partition coefficient (Wildman–Crippen LogP) is 2.33. The summed E-state index contributed by atoms with van der Waals surface area (Å²) in [5, 5.41) is 3.30. The van der Waals surface area contributed by atoms with Crippen molar-refractivity contribution in [1.29, 1.82) is 0 Å². The number of nitrogens with two attached hydrogens (primary N) is 1. The summed E-state index contributed by atoms with van der Waals surface area (Å²) in [7, 11) is 0. The molecule has 2 nitrogen and oxygen atoms in total. The van der Waals surface area contributed by atoms with Gasteiger partial charge in [0.1, 0.15) is 0 Å². The number of aromatic nitrogens is 1. The summed E-state index contributed by atoms with van der Waals surface area (Å²) in [4.78, 5) is 4.52. The van der Waals surface area contributed by atoms with E-state index < -0.39 is 0 Å². The SMILES string of the molecule is CC(C)c1csc(C(C)CN)n1. The molecule has 68 valence electrons. The van der Waals surface area contributed by atoms with E-state index in [1.54, 1.807) is 11.3 Å². The highest BCUT2D eigenvalue weighted by atomic mass is 32.1. The third-order valence-electron chi connectivity index (χ3n) is 1.91. The van der Waals surface area contributed by atoms with Crippen LogP contribution in [0, 0.1) is 0 Å². The van der Waals surface area contributed by atoms with Crippen molar-refractivity contribution in [3.8, 4) is 0 Å². The standard InChI is InChI=1S/C9H16N2S/c1-6(2)8-5-12-9(11-8)7(3)4-10/h5-7H,4,10H2,1-3H3. The number of rotatable bonds is 3. The largest absolute Gasteiger partial charge is 0.330 e. The summed E-state index contributed by atoms with van der Waals surface area (Å²) in [6.07, 6.45) is 0. The van der Waals surface area contributed by atoms with Crippen LogP contribution in [-0.4, -0.2) is 11.5 Å². The first-order valence-corrected chi connectivity index (χ1v) is 5.18. The normalized spacial score (nSPS) is 13.8. The fraction of sp³-hybridized carbons (Fsp3) is 0.667. The van der Waals surface area contributed by atoms with Crippen molar-refractivity contribution in [3.63, 3.8) is 0 Å². The molecule has 0 spiro atoms. The highest BCUT2D eigenvalue weighted by molar-refractivity contribution is 7.09. The number of thiazole rings is 1. The maximum Gasteiger partial charge on any atom is 0.0969 e. The van der Waals surface area contributed by atoms with Crippen molar-refractivity contribution in [2.45, 2.75) is 32.6 Å². The van der Waals surface area contributed by atoms with E-state index in [1.165, 1.54) is 10.7 Å². The fourth-order valence-electron chi connectivity index (χ4n) is 0.893. The fourth-order valence-corrected chi connectivity index (χ4v) is 1.95. The average Bonchev–Trinajstić information content (AvgIpc) is 2.51. The first kappa shape index (κ1) is 9.68. The second kappa shape index (κ2) is 4.01. The molecule has 0 aromatic carbocycles. The Labute approximate surface area is 77.8 Å². The molecule has 0 saturated heterocycles. The first-order valence-electron chi connectivity index (χ1n) is 4.30. The molecule has 1 atom stereocenters. The van der Waals surface area contributed by atoms with Crippen molar-refractivity contribution < 1.29 is 0 Å². The lowest BCUT2D eigenvalue weighted by Gasteiger charge is -2.02. The van der Waals surface area contributed by atoms with Crippen molar-refractivity contribution in [2.24, 2.45) is 5.73 Å². The summed E-state index contributed by atoms with van der Waals surface area (Å²) < 4.78 is 0. The zero-order valence-electron chi connectivity index (χ0n) is 7.87. The summed E-state index contributed by atoms with van der Waals surface area (Å²) in [6.45, 7) is 7.12. The summed E-state index contributed by atoms with van der Waals surface area (Å²) in [5.41, 5.74) is 6.75. The molecule has 0 bridgehead atoms. The van der Waals surface area contributed by atoms with E-state index >= 15 is 0 Å². The highest BCUT2D eigenvalue weighted by Gasteiger charge is 2.09. The molecule has 1 aromatic heterocycles. The van der Waals surface area contributed by atoms with E-state index in [9.17, 15) is 0 Å². The molecular weight excluding hydrogens is 168 g/mol. The van der Waals surface area contributed by atoms with Crippen LogP contribution in [0.15, 0.2) is 5.38 Å². The second-order valence-electron chi connectivity index (χ2n) is 3.40. The van der Waals surface area contributed by atoms with Gasteiger partial charge < -0.3 is 5.73 Å². The monoisotopic (exact) mass is 184 g/mol. The van der Waals surface area contributed by atoms with Crippen LogP contribution in [0.1, 0.15) is 43.3 Å². The van der Waals surface area contributed by atoms with Gasteiger partial charge in [-0.05, 0) is 5.92 Å². The molecule has 12 heavy (non-hydrogen) atoms. The van der Waals surface area contributed by atoms with Gasteiger partial charge in [0, 0.05) is 17.8 Å². The van der Waals surface area contributed by atoms with Gasteiger partial charge in [0.15, 0.2) is 0 Å². The third-order valence-corrected chi connectivity index (χ3v) is 3.00. The van der Waals surface area contributed by atoms with E-state index in [0.717, 1.165) is 0 Å². The first-order chi connectivity index (χ1) is 5.65. The summed E-state index contributed by atoms with van der Waals surface area (Å²) in [5.74, 6) is 0.933. The van der Waals surface area contributed by atoms with Crippen LogP contribution >= 0.6 is 11.3 Å². The molecule has 3 heteroatoms. The molecule has 0 amide bonds. The van der Waals surface area contributed by atoms with Crippen LogP contribution in [0.5, 0.6) is 0 Å². The Balaban J connectivity index is 2.77. The van der Waals surface area contributed by atoms with E-state index in [0.29, 0.717) is 18.4 Å². The minimum absolute atomic E-state index is 0.405. The van der Waals surface area contributed by atoms with Gasteiger partial charge in [0.2, 0.25) is 0 Å². The Hall–Kier alpha value is -0.410. The van der Waals surface area contributed by atoms with Crippen molar-refractivity contribution >= 4 is 11.3 Å². The lowest BCUT2D eigenvalue weighted by molar-refractivity contribution is 0.746. The lowest BCUT2D eigenvalue weighted by Crippen LogP contribution is -2.08. The minimum Gasteiger partial charge on any atom is -0.330 e. The van der Waals surface area contributed by atoms with Gasteiger partial charge in [-0.2, -0.15) is 0 Å². The smallest absolute Gasteiger partial charge is 0.0969 e. The van der Waals surface area contributed by atoms with Gasteiger partial charge in [-0.25, -0.2) is 4.98 Å². The summed E-state index contributed by atoms with van der Waals surface area (Å²) in [6, 6.07) is 0. The Kier molecular flexibility index (Phi) is 3.23. The maximum atomic E-state index is 5.56. The molecule has 1 unspecified atom stereocenters. The van der Waals surface area contributed by atoms with Gasteiger partial charge in [-0.1, -0.05) is 20.8 Å². The van der Waals surface area contributed by atoms with E-state index in [-0.39, 0.29) is 0 Å². The second-order valence-corrected chi connectivity index (χ2v) is 4.29. The van der Waals surface area contributed by atoms with Crippen LogP contribution in [0.25, 0.3) is 0 Å². The highest BCUT2D eigenvalue weighted by Crippen LogP contribution is 2.22. The summed E-state index contributed by atoms with van der Waals surface area (Å²) >= 11 is 1.72. The molecule has 1 heterocycles. The van der Waals surface area contributed by atoms with E-state index in [1.807, 2.05) is 0 Å². The van der Waals surface area contributed by atoms with Crippen molar-refractivity contribution in [2.75, 3.05) is 6.54 Å². The number of nitrogens with zero attached hydrogens (tertiary/aromatic N) is 1. The number of hydrogen-bond donors (Lipinski definition) is 1. The molecule has 0 radical (unpaired) electrons. The maximum absolute atomic E-state index is 5.56. The number of hydrogen-bond acceptors (Lipinski definition) is 3. The molecule has 0 saturated carbocycles. The minimum atomic E-state index is 0.405. The van der Waals surface area contributed by atoms with Crippen LogP contribution < -0.4 is 5.73 Å². The van der Waals surface area contributed by atoms with Crippen molar-refractivity contribution in [1.82, 2.24) is 4.98 Å². The van der Waals surface area contributed by atoms with Gasteiger partial charge in [0.25, 0.3) is 0 Å². The van der Waals surface area contributed by atoms with E-state index in [4.69, 9.17) is 5.73 Å². The third kappa shape index (κ3) is 2.05. The Morgan fingerprint density at radius 2 is 2.17 bits per heavy atom. The van der Waals surface area contributed by atoms with Gasteiger partial charge in [-0.3, -0.25) is 0 Å². The van der Waals surface area contributed by atoms with E-state index in [2.05, 4.69) is 31.1 Å². The lowest BCUT2D eigenvalue weighted by atomic mass is 10.1. The molecule has 1 rings (SSSR count). The van der Waals surface area contributed by atoms with Crippen LogP contribution in [-0.2, 0) is 0 Å². The molecule has 0 fully saturated rings. The van der Waals surface area contributed by atoms with Gasteiger partial charge in [0.05, 0.1) is 10.7 Å². The van der Waals surface area contributed by atoms with Crippen LogP contribution in [0.4, 0.5) is 0 Å². The van der Waals surface area contributed by atoms with Gasteiger partial charge in [-0.15, -0.1) is 11.3 Å². The molecular formula is C9H16N2S. The zero-order chi connectivity index (χ0) is 9.14. The van der Waals surface area contributed by atoms with Crippen molar-refractivity contribution in [3.05, 3.63) is 16.1 Å². The topological polar surface area (TPSA) is 38.9 Å². The molecule has 1 aromatic rings. The Morgan fingerprint density at radius 3 is 2.58 bits per heavy atom.